The summed E-state index contributed by atoms with van der Waals surface area (Å²) in [4.78, 5) is 36.0. The number of imidazole rings is 1. The van der Waals surface area contributed by atoms with Gasteiger partial charge in [0.25, 0.3) is 5.56 Å². The monoisotopic (exact) mass is 509 g/mol. The molecule has 2 aromatic heterocycles. The molecule has 1 aliphatic rings. The normalized spacial score (nSPS) is 15.1. The number of allylic oxidation sites excluding steroid dienone is 8. The average molecular weight is 510 g/mol. The standard InChI is InChI=1S/C25H28BrN5O2/c1-7-9-14-30-21-22(28-24(30)26)29(6)25(33)31(23(21)32)15-20(17(5)8-2)27-19-13-11-10-12-18(19)16(3)4/h10-13H,8,14-15H2,1-6H3/b20-17+,27-19?. The smallest absolute Gasteiger partial charge is 0.301 e. The first-order chi connectivity index (χ1) is 15.7. The maximum absolute atomic E-state index is 13.5. The number of rotatable bonds is 5. The lowest BCUT2D eigenvalue weighted by atomic mass is 10.0. The third-order valence-corrected chi connectivity index (χ3v) is 6.23. The van der Waals surface area contributed by atoms with Crippen LogP contribution in [0.2, 0.25) is 0 Å². The molecule has 0 bridgehead atoms. The highest BCUT2D eigenvalue weighted by molar-refractivity contribution is 9.10. The van der Waals surface area contributed by atoms with Crippen LogP contribution in [-0.4, -0.2) is 24.4 Å². The van der Waals surface area contributed by atoms with Crippen LogP contribution in [0.1, 0.15) is 41.0 Å². The van der Waals surface area contributed by atoms with Gasteiger partial charge in [0.2, 0.25) is 0 Å². The number of hydrogen-bond donors (Lipinski definition) is 0. The highest BCUT2D eigenvalue weighted by Crippen LogP contribution is 2.20. The van der Waals surface area contributed by atoms with Gasteiger partial charge in [0, 0.05) is 7.05 Å². The van der Waals surface area contributed by atoms with Gasteiger partial charge in [-0.3, -0.25) is 18.9 Å². The summed E-state index contributed by atoms with van der Waals surface area (Å²) >= 11 is 3.40. The van der Waals surface area contributed by atoms with E-state index in [0.29, 0.717) is 28.1 Å². The van der Waals surface area contributed by atoms with E-state index in [0.717, 1.165) is 28.9 Å². The Morgan fingerprint density at radius 1 is 1.15 bits per heavy atom. The molecule has 8 heteroatoms. The summed E-state index contributed by atoms with van der Waals surface area (Å²) in [6.07, 6.45) is 8.64. The Morgan fingerprint density at radius 2 is 1.85 bits per heavy atom. The zero-order valence-corrected chi connectivity index (χ0v) is 21.4. The summed E-state index contributed by atoms with van der Waals surface area (Å²) in [5.41, 5.74) is 4.51. The van der Waals surface area contributed by atoms with Crippen molar-refractivity contribution in [1.82, 2.24) is 18.7 Å². The van der Waals surface area contributed by atoms with Crippen molar-refractivity contribution >= 4 is 32.8 Å². The number of nitrogens with zero attached hydrogens (tertiary/aromatic N) is 5. The molecule has 0 radical (unpaired) electrons. The maximum Gasteiger partial charge on any atom is 0.332 e. The molecule has 0 atom stereocenters. The van der Waals surface area contributed by atoms with Crippen molar-refractivity contribution in [2.75, 3.05) is 0 Å². The van der Waals surface area contributed by atoms with Gasteiger partial charge >= 0.3 is 5.69 Å². The quantitative estimate of drug-likeness (QED) is 0.446. The fourth-order valence-corrected chi connectivity index (χ4v) is 4.02. The lowest BCUT2D eigenvalue weighted by Crippen LogP contribution is -2.40. The Labute approximate surface area is 201 Å². The second-order valence-corrected chi connectivity index (χ2v) is 8.72. The SMILES string of the molecule is CC#CCn1c(Br)nc2c1c(=O)n(C/C(N=C1C=CC=CC1=C(C)C)=C(/C)CC)c(=O)n2C. The minimum absolute atomic E-state index is 0.0699. The molecule has 7 nitrogen and oxygen atoms in total. The van der Waals surface area contributed by atoms with E-state index in [1.807, 2.05) is 52.0 Å². The molecule has 0 fully saturated rings. The molecule has 3 rings (SSSR count). The average Bonchev–Trinajstić information content (AvgIpc) is 3.14. The first-order valence-corrected chi connectivity index (χ1v) is 11.6. The maximum atomic E-state index is 13.5. The van der Waals surface area contributed by atoms with Gasteiger partial charge in [-0.15, -0.1) is 5.92 Å². The number of hydrogen-bond acceptors (Lipinski definition) is 4. The molecule has 0 aromatic carbocycles. The van der Waals surface area contributed by atoms with Gasteiger partial charge < -0.3 is 4.57 Å². The zero-order chi connectivity index (χ0) is 24.3. The third kappa shape index (κ3) is 4.79. The van der Waals surface area contributed by atoms with Crippen molar-refractivity contribution in [2.24, 2.45) is 12.0 Å². The van der Waals surface area contributed by atoms with Gasteiger partial charge in [0.15, 0.2) is 15.9 Å². The van der Waals surface area contributed by atoms with Crippen molar-refractivity contribution in [3.8, 4) is 11.8 Å². The Morgan fingerprint density at radius 3 is 2.48 bits per heavy atom. The van der Waals surface area contributed by atoms with Crippen LogP contribution in [-0.2, 0) is 20.1 Å². The summed E-state index contributed by atoms with van der Waals surface area (Å²) in [5.74, 6) is 5.79. The number of aromatic nitrogens is 4. The minimum Gasteiger partial charge on any atom is -0.301 e. The van der Waals surface area contributed by atoms with Crippen LogP contribution in [0, 0.1) is 11.8 Å². The van der Waals surface area contributed by atoms with Crippen molar-refractivity contribution in [1.29, 1.82) is 0 Å². The first kappa shape index (κ1) is 24.5. The van der Waals surface area contributed by atoms with Crippen molar-refractivity contribution in [3.05, 3.63) is 72.3 Å². The van der Waals surface area contributed by atoms with Crippen molar-refractivity contribution in [3.63, 3.8) is 0 Å². The molecular weight excluding hydrogens is 482 g/mol. The van der Waals surface area contributed by atoms with Gasteiger partial charge in [-0.25, -0.2) is 9.78 Å². The van der Waals surface area contributed by atoms with Gasteiger partial charge in [-0.05, 0) is 61.7 Å². The number of aliphatic imine (C=N–C) groups is 1. The summed E-state index contributed by atoms with van der Waals surface area (Å²) < 4.78 is 4.77. The molecule has 0 spiro atoms. The second-order valence-electron chi connectivity index (χ2n) is 8.01. The van der Waals surface area contributed by atoms with E-state index < -0.39 is 11.2 Å². The molecule has 0 saturated heterocycles. The third-order valence-electron chi connectivity index (χ3n) is 5.63. The summed E-state index contributed by atoms with van der Waals surface area (Å²) in [7, 11) is 1.62. The molecule has 1 aliphatic carbocycles. The fourth-order valence-electron chi connectivity index (χ4n) is 3.55. The Balaban J connectivity index is 2.24. The predicted octanol–water partition coefficient (Wildman–Crippen LogP) is 4.27. The Kier molecular flexibility index (Phi) is 7.54. The first-order valence-electron chi connectivity index (χ1n) is 10.8. The molecular formula is C25H28BrN5O2. The van der Waals surface area contributed by atoms with Crippen molar-refractivity contribution < 1.29 is 0 Å². The topological polar surface area (TPSA) is 74.2 Å². The largest absolute Gasteiger partial charge is 0.332 e. The summed E-state index contributed by atoms with van der Waals surface area (Å²) in [6.45, 7) is 10.2. The molecule has 0 amide bonds. The van der Waals surface area contributed by atoms with Gasteiger partial charge in [-0.2, -0.15) is 0 Å². The predicted molar refractivity (Wildman–Crippen MR) is 137 cm³/mol. The van der Waals surface area contributed by atoms with Crippen LogP contribution >= 0.6 is 15.9 Å². The highest BCUT2D eigenvalue weighted by atomic mass is 79.9. The van der Waals surface area contributed by atoms with Crippen LogP contribution < -0.4 is 11.2 Å². The lowest BCUT2D eigenvalue weighted by Gasteiger charge is -2.14. The molecule has 0 aliphatic heterocycles. The molecule has 2 heterocycles. The van der Waals surface area contributed by atoms with Crippen LogP contribution in [0.4, 0.5) is 0 Å². The van der Waals surface area contributed by atoms with Crippen molar-refractivity contribution in [2.45, 2.75) is 54.1 Å². The lowest BCUT2D eigenvalue weighted by molar-refractivity contribution is 0.639. The molecule has 172 valence electrons. The molecule has 0 saturated carbocycles. The van der Waals surface area contributed by atoms with Crippen LogP contribution in [0.15, 0.2) is 66.0 Å². The van der Waals surface area contributed by atoms with E-state index in [-0.39, 0.29) is 6.54 Å². The zero-order valence-electron chi connectivity index (χ0n) is 19.9. The van der Waals surface area contributed by atoms with Crippen LogP contribution in [0.5, 0.6) is 0 Å². The number of halogens is 1. The molecule has 2 aromatic rings. The molecule has 0 unspecified atom stereocenters. The second kappa shape index (κ2) is 10.2. The van der Waals surface area contributed by atoms with E-state index in [9.17, 15) is 9.59 Å². The Bertz CT molecular complexity index is 1440. The van der Waals surface area contributed by atoms with E-state index in [4.69, 9.17) is 4.99 Å². The van der Waals surface area contributed by atoms with Crippen LogP contribution in [0.3, 0.4) is 0 Å². The van der Waals surface area contributed by atoms with E-state index in [1.165, 1.54) is 9.13 Å². The molecule has 0 N–H and O–H groups in total. The van der Waals surface area contributed by atoms with E-state index in [1.54, 1.807) is 18.5 Å². The van der Waals surface area contributed by atoms with Crippen LogP contribution in [0.25, 0.3) is 11.2 Å². The number of aryl methyl sites for hydroxylation is 1. The van der Waals surface area contributed by atoms with Gasteiger partial charge in [0.05, 0.1) is 24.5 Å². The van der Waals surface area contributed by atoms with Gasteiger partial charge in [-0.1, -0.05) is 42.2 Å². The fraction of sp³-hybridized carbons (Fsp3) is 0.360. The van der Waals surface area contributed by atoms with E-state index in [2.05, 4.69) is 32.8 Å². The minimum atomic E-state index is -0.436. The van der Waals surface area contributed by atoms with E-state index >= 15 is 0 Å². The molecule has 33 heavy (non-hydrogen) atoms. The highest BCUT2D eigenvalue weighted by Gasteiger charge is 2.20. The Hall–Kier alpha value is -3.18. The van der Waals surface area contributed by atoms with Gasteiger partial charge in [0.1, 0.15) is 0 Å². The summed E-state index contributed by atoms with van der Waals surface area (Å²) in [6, 6.07) is 0. The number of fused-ring (bicyclic) bond motifs is 1. The summed E-state index contributed by atoms with van der Waals surface area (Å²) in [5, 5.41) is 0.